The number of ketones is 3. The molecule has 2 fully saturated rings. The van der Waals surface area contributed by atoms with Crippen LogP contribution in [0.5, 0.6) is 0 Å². The van der Waals surface area contributed by atoms with Crippen LogP contribution >= 0.6 is 0 Å². The normalized spacial score (nSPS) is 26.2. The summed E-state index contributed by atoms with van der Waals surface area (Å²) < 4.78 is 0. The van der Waals surface area contributed by atoms with Crippen molar-refractivity contribution in [3.63, 3.8) is 0 Å². The minimum Gasteiger partial charge on any atom is -0.301 e. The van der Waals surface area contributed by atoms with Gasteiger partial charge in [-0.1, -0.05) is 83.9 Å². The van der Waals surface area contributed by atoms with Crippen molar-refractivity contribution in [1.82, 2.24) is 9.80 Å². The van der Waals surface area contributed by atoms with Crippen LogP contribution in [0.25, 0.3) is 6.08 Å². The molecular formula is C33H32N2O3. The highest BCUT2D eigenvalue weighted by Gasteiger charge is 2.77. The van der Waals surface area contributed by atoms with E-state index in [1.54, 1.807) is 24.3 Å². The highest BCUT2D eigenvalue weighted by atomic mass is 16.2. The molecule has 2 heterocycles. The molecule has 192 valence electrons. The molecule has 3 aromatic carbocycles. The van der Waals surface area contributed by atoms with E-state index in [1.165, 1.54) is 0 Å². The van der Waals surface area contributed by atoms with Crippen molar-refractivity contribution in [3.8, 4) is 0 Å². The molecule has 5 nitrogen and oxygen atoms in total. The van der Waals surface area contributed by atoms with Gasteiger partial charge in [-0.25, -0.2) is 0 Å². The molecule has 0 radical (unpaired) electrons. The molecule has 2 atom stereocenters. The second-order valence-electron chi connectivity index (χ2n) is 11.3. The molecule has 1 aliphatic carbocycles. The third kappa shape index (κ3) is 3.22. The first-order chi connectivity index (χ1) is 18.2. The van der Waals surface area contributed by atoms with E-state index in [0.29, 0.717) is 36.3 Å². The van der Waals surface area contributed by atoms with Crippen LogP contribution in [0, 0.1) is 19.3 Å². The van der Waals surface area contributed by atoms with Crippen LogP contribution in [-0.4, -0.2) is 66.4 Å². The zero-order valence-electron chi connectivity index (χ0n) is 22.3. The maximum absolute atomic E-state index is 14.9. The minimum absolute atomic E-state index is 0.0967. The van der Waals surface area contributed by atoms with E-state index >= 15 is 0 Å². The summed E-state index contributed by atoms with van der Waals surface area (Å²) >= 11 is 0. The van der Waals surface area contributed by atoms with Crippen LogP contribution in [0.1, 0.15) is 48.9 Å². The average molecular weight is 505 g/mol. The molecule has 38 heavy (non-hydrogen) atoms. The number of aryl methyl sites for hydroxylation is 2. The number of rotatable bonds is 2. The molecule has 0 aromatic heterocycles. The fourth-order valence-corrected chi connectivity index (χ4v) is 7.20. The standard InChI is InChI=1S/C33H32N2O3/c1-21-9-13-23(14-10-21)17-25-18-34(3)20-32(29(25)36)28(24-15-11-22(2)12-16-24)19-35(4)33(32)30(37)26-7-5-6-8-27(26)31(33)38/h5-17,28H,18-20H2,1-4H3/b25-17+/t28-,32+/m0/s1. The lowest BCUT2D eigenvalue weighted by atomic mass is 9.56. The molecule has 0 saturated carbocycles. The minimum atomic E-state index is -1.59. The largest absolute Gasteiger partial charge is 0.301 e. The number of carbonyl (C=O) groups excluding carboxylic acids is 3. The number of piperidine rings is 1. The Kier molecular flexibility index (Phi) is 5.64. The number of carbonyl (C=O) groups is 3. The summed E-state index contributed by atoms with van der Waals surface area (Å²) in [5.74, 6) is -0.935. The summed E-state index contributed by atoms with van der Waals surface area (Å²) in [5, 5.41) is 0. The summed E-state index contributed by atoms with van der Waals surface area (Å²) in [5.41, 5.74) is 2.78. The molecule has 5 heteroatoms. The van der Waals surface area contributed by atoms with Crippen LogP contribution in [0.2, 0.25) is 0 Å². The topological polar surface area (TPSA) is 57.7 Å². The number of Topliss-reactive ketones (excluding diaryl/α,β-unsaturated/α-hetero) is 3. The van der Waals surface area contributed by atoms with Gasteiger partial charge < -0.3 is 4.90 Å². The van der Waals surface area contributed by atoms with Gasteiger partial charge in [-0.15, -0.1) is 0 Å². The number of nitrogens with zero attached hydrogens (tertiary/aromatic N) is 2. The maximum Gasteiger partial charge on any atom is 0.192 e. The van der Waals surface area contributed by atoms with Crippen molar-refractivity contribution in [3.05, 3.63) is 112 Å². The van der Waals surface area contributed by atoms with Gasteiger partial charge in [-0.3, -0.25) is 19.3 Å². The second-order valence-corrected chi connectivity index (χ2v) is 11.3. The zero-order chi connectivity index (χ0) is 26.8. The molecular weight excluding hydrogens is 472 g/mol. The van der Waals surface area contributed by atoms with E-state index in [0.717, 1.165) is 22.3 Å². The van der Waals surface area contributed by atoms with Crippen LogP contribution in [0.15, 0.2) is 78.4 Å². The highest BCUT2D eigenvalue weighted by Crippen LogP contribution is 2.60. The van der Waals surface area contributed by atoms with Crippen LogP contribution in [0.4, 0.5) is 0 Å². The highest BCUT2D eigenvalue weighted by molar-refractivity contribution is 6.36. The lowest BCUT2D eigenvalue weighted by Crippen LogP contribution is -2.69. The Hall–Kier alpha value is -3.67. The first-order valence-electron chi connectivity index (χ1n) is 13.2. The molecule has 0 N–H and O–H groups in total. The van der Waals surface area contributed by atoms with Gasteiger partial charge in [0.2, 0.25) is 0 Å². The molecule has 3 aliphatic rings. The Labute approximate surface area is 223 Å². The monoisotopic (exact) mass is 504 g/mol. The molecule has 2 saturated heterocycles. The molecule has 2 aliphatic heterocycles. The first kappa shape index (κ1) is 24.7. The van der Waals surface area contributed by atoms with Crippen molar-refractivity contribution in [2.45, 2.75) is 25.3 Å². The molecule has 3 aromatic rings. The average Bonchev–Trinajstić information content (AvgIpc) is 3.29. The second kappa shape index (κ2) is 8.69. The van der Waals surface area contributed by atoms with Gasteiger partial charge in [0, 0.05) is 42.3 Å². The van der Waals surface area contributed by atoms with Crippen molar-refractivity contribution in [2.24, 2.45) is 5.41 Å². The lowest BCUT2D eigenvalue weighted by Gasteiger charge is -2.50. The quantitative estimate of drug-likeness (QED) is 0.373. The summed E-state index contributed by atoms with van der Waals surface area (Å²) in [4.78, 5) is 47.8. The van der Waals surface area contributed by atoms with Crippen LogP contribution in [-0.2, 0) is 4.79 Å². The first-order valence-corrected chi connectivity index (χ1v) is 13.2. The van der Waals surface area contributed by atoms with E-state index in [2.05, 4.69) is 17.0 Å². The van der Waals surface area contributed by atoms with Crippen LogP contribution in [0.3, 0.4) is 0 Å². The Bertz CT molecular complexity index is 1470. The van der Waals surface area contributed by atoms with Gasteiger partial charge in [-0.05, 0) is 45.1 Å². The number of hydrogen-bond donors (Lipinski definition) is 0. The van der Waals surface area contributed by atoms with E-state index in [9.17, 15) is 14.4 Å². The van der Waals surface area contributed by atoms with E-state index in [4.69, 9.17) is 0 Å². The number of hydrogen-bond acceptors (Lipinski definition) is 5. The maximum atomic E-state index is 14.9. The summed E-state index contributed by atoms with van der Waals surface area (Å²) in [6.45, 7) is 5.29. The van der Waals surface area contributed by atoms with Crippen molar-refractivity contribution < 1.29 is 14.4 Å². The van der Waals surface area contributed by atoms with Gasteiger partial charge in [0.25, 0.3) is 0 Å². The smallest absolute Gasteiger partial charge is 0.192 e. The van der Waals surface area contributed by atoms with Crippen molar-refractivity contribution in [1.29, 1.82) is 0 Å². The van der Waals surface area contributed by atoms with Gasteiger partial charge in [-0.2, -0.15) is 0 Å². The Balaban J connectivity index is 1.61. The molecule has 0 bridgehead atoms. The zero-order valence-corrected chi connectivity index (χ0v) is 22.3. The fraction of sp³-hybridized carbons (Fsp3) is 0.303. The Morgan fingerprint density at radius 1 is 0.763 bits per heavy atom. The van der Waals surface area contributed by atoms with E-state index < -0.39 is 11.0 Å². The van der Waals surface area contributed by atoms with Crippen molar-refractivity contribution >= 4 is 23.4 Å². The summed E-state index contributed by atoms with van der Waals surface area (Å²) in [6, 6.07) is 23.3. The fourth-order valence-electron chi connectivity index (χ4n) is 7.20. The SMILES string of the molecule is Cc1ccc(/C=C2\CN(C)C[C@]3(C2=O)[C@H](c2ccc(C)cc2)CN(C)C32C(=O)c3ccccc3C2=O)cc1. The molecule has 6 rings (SSSR count). The molecule has 0 amide bonds. The Morgan fingerprint density at radius 2 is 1.32 bits per heavy atom. The third-order valence-corrected chi connectivity index (χ3v) is 8.90. The number of likely N-dealkylation sites (tertiary alicyclic amines) is 2. The Morgan fingerprint density at radius 3 is 1.89 bits per heavy atom. The van der Waals surface area contributed by atoms with Crippen LogP contribution < -0.4 is 0 Å². The lowest BCUT2D eigenvalue weighted by molar-refractivity contribution is -0.132. The van der Waals surface area contributed by atoms with E-state index in [-0.39, 0.29) is 23.3 Å². The number of fused-ring (bicyclic) bond motifs is 2. The summed E-state index contributed by atoms with van der Waals surface area (Å²) in [6.07, 6.45) is 1.94. The molecule has 2 spiro atoms. The van der Waals surface area contributed by atoms with Gasteiger partial charge in [0.05, 0.1) is 5.41 Å². The van der Waals surface area contributed by atoms with E-state index in [1.807, 2.05) is 75.3 Å². The number of benzene rings is 3. The van der Waals surface area contributed by atoms with Gasteiger partial charge in [0.1, 0.15) is 0 Å². The predicted octanol–water partition coefficient (Wildman–Crippen LogP) is 4.73. The van der Waals surface area contributed by atoms with Crippen molar-refractivity contribution in [2.75, 3.05) is 33.7 Å². The third-order valence-electron chi connectivity index (χ3n) is 8.90. The number of likely N-dealkylation sites (N-methyl/N-ethyl adjacent to an activating group) is 2. The predicted molar refractivity (Wildman–Crippen MR) is 148 cm³/mol. The summed E-state index contributed by atoms with van der Waals surface area (Å²) in [7, 11) is 3.81. The van der Waals surface area contributed by atoms with Gasteiger partial charge in [0.15, 0.2) is 22.9 Å². The molecule has 0 unspecified atom stereocenters. The van der Waals surface area contributed by atoms with Gasteiger partial charge >= 0.3 is 0 Å².